The molecular formula is C16H21N3O2S. The Balaban J connectivity index is 2.22. The second-order valence-corrected chi connectivity index (χ2v) is 6.14. The average Bonchev–Trinajstić information content (AvgIpc) is 2.52. The molecule has 0 aliphatic carbocycles. The van der Waals surface area contributed by atoms with E-state index in [0.29, 0.717) is 11.8 Å². The van der Waals surface area contributed by atoms with Crippen LogP contribution in [0.1, 0.15) is 27.2 Å². The Morgan fingerprint density at radius 2 is 2.09 bits per heavy atom. The van der Waals surface area contributed by atoms with Crippen molar-refractivity contribution in [1.29, 1.82) is 0 Å². The lowest BCUT2D eigenvalue weighted by Crippen LogP contribution is -2.17. The third-order valence-corrected chi connectivity index (χ3v) is 3.93. The number of ether oxygens (including phenoxy) is 1. The lowest BCUT2D eigenvalue weighted by atomic mass is 10.2. The minimum absolute atomic E-state index is 0.228. The molecule has 1 aromatic carbocycles. The fourth-order valence-corrected chi connectivity index (χ4v) is 2.71. The van der Waals surface area contributed by atoms with E-state index in [1.54, 1.807) is 0 Å². The molecule has 1 heterocycles. The van der Waals surface area contributed by atoms with E-state index >= 15 is 0 Å². The molecule has 0 aliphatic heterocycles. The van der Waals surface area contributed by atoms with Crippen LogP contribution in [0.2, 0.25) is 0 Å². The molecule has 1 aromatic heterocycles. The van der Waals surface area contributed by atoms with E-state index in [1.165, 1.54) is 11.8 Å². The number of fused-ring (bicyclic) bond motifs is 1. The van der Waals surface area contributed by atoms with Crippen molar-refractivity contribution in [3.8, 4) is 0 Å². The highest BCUT2D eigenvalue weighted by atomic mass is 32.2. The number of nitrogens with zero attached hydrogens (tertiary/aromatic N) is 2. The molecule has 22 heavy (non-hydrogen) atoms. The molecule has 5 nitrogen and oxygen atoms in total. The first kappa shape index (κ1) is 16.5. The van der Waals surface area contributed by atoms with Gasteiger partial charge in [-0.1, -0.05) is 30.8 Å². The highest BCUT2D eigenvalue weighted by molar-refractivity contribution is 8.00. The lowest BCUT2D eigenvalue weighted by molar-refractivity contribution is -0.142. The van der Waals surface area contributed by atoms with E-state index in [0.717, 1.165) is 29.7 Å². The fourth-order valence-electron chi connectivity index (χ4n) is 1.94. The van der Waals surface area contributed by atoms with Gasteiger partial charge in [-0.25, -0.2) is 9.97 Å². The molecule has 0 fully saturated rings. The summed E-state index contributed by atoms with van der Waals surface area (Å²) >= 11 is 1.32. The van der Waals surface area contributed by atoms with Gasteiger partial charge in [-0.15, -0.1) is 0 Å². The number of nitrogens with one attached hydrogen (secondary N) is 1. The monoisotopic (exact) mass is 319 g/mol. The number of hydrogen-bond acceptors (Lipinski definition) is 6. The lowest BCUT2D eigenvalue weighted by Gasteiger charge is -2.12. The van der Waals surface area contributed by atoms with Gasteiger partial charge in [-0.3, -0.25) is 4.79 Å². The maximum atomic E-state index is 11.9. The van der Waals surface area contributed by atoms with Gasteiger partial charge in [0.25, 0.3) is 0 Å². The number of benzene rings is 1. The minimum atomic E-state index is -0.331. The van der Waals surface area contributed by atoms with Crippen molar-refractivity contribution in [3.63, 3.8) is 0 Å². The van der Waals surface area contributed by atoms with Gasteiger partial charge < -0.3 is 10.1 Å². The molecule has 0 saturated carbocycles. The van der Waals surface area contributed by atoms with Crippen LogP contribution in [0, 0.1) is 0 Å². The van der Waals surface area contributed by atoms with Crippen molar-refractivity contribution in [3.05, 3.63) is 24.3 Å². The quantitative estimate of drug-likeness (QED) is 0.479. The number of aromatic nitrogens is 2. The number of thioether (sulfide) groups is 1. The number of rotatable bonds is 7. The SMILES string of the molecule is CCCOC(=O)C(C)Sc1nc(NCC)c2ccccc2n1. The molecule has 1 atom stereocenters. The van der Waals surface area contributed by atoms with Gasteiger partial charge in [0, 0.05) is 11.9 Å². The summed E-state index contributed by atoms with van der Waals surface area (Å²) in [7, 11) is 0. The molecule has 0 bridgehead atoms. The topological polar surface area (TPSA) is 64.1 Å². The Kier molecular flexibility index (Phi) is 6.00. The zero-order valence-corrected chi connectivity index (χ0v) is 13.9. The number of hydrogen-bond donors (Lipinski definition) is 1. The smallest absolute Gasteiger partial charge is 0.319 e. The summed E-state index contributed by atoms with van der Waals surface area (Å²) in [5.74, 6) is 0.568. The summed E-state index contributed by atoms with van der Waals surface area (Å²) in [4.78, 5) is 20.9. The molecule has 118 valence electrons. The van der Waals surface area contributed by atoms with E-state index < -0.39 is 0 Å². The summed E-state index contributed by atoms with van der Waals surface area (Å²) in [6, 6.07) is 7.84. The number of para-hydroxylation sites is 1. The predicted octanol–water partition coefficient (Wildman–Crippen LogP) is 3.50. The van der Waals surface area contributed by atoms with Gasteiger partial charge in [0.1, 0.15) is 11.1 Å². The zero-order chi connectivity index (χ0) is 15.9. The van der Waals surface area contributed by atoms with Crippen molar-refractivity contribution >= 4 is 34.5 Å². The Hall–Kier alpha value is -1.82. The maximum absolute atomic E-state index is 11.9. The molecule has 2 aromatic rings. The first-order chi connectivity index (χ1) is 10.7. The van der Waals surface area contributed by atoms with E-state index in [2.05, 4.69) is 15.3 Å². The number of anilines is 1. The molecule has 0 radical (unpaired) electrons. The largest absolute Gasteiger partial charge is 0.465 e. The predicted molar refractivity (Wildman–Crippen MR) is 90.3 cm³/mol. The Labute approximate surface area is 134 Å². The second kappa shape index (κ2) is 7.98. The minimum Gasteiger partial charge on any atom is -0.465 e. The fraction of sp³-hybridized carbons (Fsp3) is 0.438. The first-order valence-electron chi connectivity index (χ1n) is 7.49. The normalized spacial score (nSPS) is 12.1. The summed E-state index contributed by atoms with van der Waals surface area (Å²) in [5, 5.41) is 4.48. The number of carbonyl (C=O) groups is 1. The maximum Gasteiger partial charge on any atom is 0.319 e. The van der Waals surface area contributed by atoms with Gasteiger partial charge in [-0.05, 0) is 32.4 Å². The summed E-state index contributed by atoms with van der Waals surface area (Å²) in [6.45, 7) is 7.03. The average molecular weight is 319 g/mol. The van der Waals surface area contributed by atoms with E-state index in [-0.39, 0.29) is 11.2 Å². The van der Waals surface area contributed by atoms with Crippen molar-refractivity contribution < 1.29 is 9.53 Å². The third kappa shape index (κ3) is 4.10. The second-order valence-electron chi connectivity index (χ2n) is 4.83. The van der Waals surface area contributed by atoms with Crippen LogP contribution in [0.5, 0.6) is 0 Å². The molecule has 0 amide bonds. The van der Waals surface area contributed by atoms with Gasteiger partial charge in [0.15, 0.2) is 5.16 Å². The first-order valence-corrected chi connectivity index (χ1v) is 8.37. The van der Waals surface area contributed by atoms with Crippen LogP contribution in [0.15, 0.2) is 29.4 Å². The highest BCUT2D eigenvalue weighted by Gasteiger charge is 2.18. The molecule has 0 saturated heterocycles. The van der Waals surface area contributed by atoms with Crippen LogP contribution in [0.4, 0.5) is 5.82 Å². The molecule has 2 rings (SSSR count). The summed E-state index contributed by atoms with van der Waals surface area (Å²) in [5.41, 5.74) is 0.866. The van der Waals surface area contributed by atoms with Crippen LogP contribution in [-0.4, -0.2) is 34.3 Å². The third-order valence-electron chi connectivity index (χ3n) is 2.99. The van der Waals surface area contributed by atoms with Crippen LogP contribution in [0.25, 0.3) is 10.9 Å². The Morgan fingerprint density at radius 1 is 1.32 bits per heavy atom. The van der Waals surface area contributed by atoms with E-state index in [1.807, 2.05) is 45.0 Å². The number of esters is 1. The van der Waals surface area contributed by atoms with Crippen LogP contribution >= 0.6 is 11.8 Å². The van der Waals surface area contributed by atoms with Gasteiger partial charge >= 0.3 is 5.97 Å². The van der Waals surface area contributed by atoms with Crippen molar-refractivity contribution in [1.82, 2.24) is 9.97 Å². The van der Waals surface area contributed by atoms with Gasteiger partial charge in [0.05, 0.1) is 12.1 Å². The van der Waals surface area contributed by atoms with Crippen LogP contribution < -0.4 is 5.32 Å². The molecule has 1 unspecified atom stereocenters. The molecular weight excluding hydrogens is 298 g/mol. The van der Waals surface area contributed by atoms with Gasteiger partial charge in [-0.2, -0.15) is 0 Å². The molecule has 6 heteroatoms. The summed E-state index contributed by atoms with van der Waals surface area (Å²) < 4.78 is 5.16. The summed E-state index contributed by atoms with van der Waals surface area (Å²) in [6.07, 6.45) is 0.820. The van der Waals surface area contributed by atoms with Crippen molar-refractivity contribution in [2.24, 2.45) is 0 Å². The van der Waals surface area contributed by atoms with E-state index in [9.17, 15) is 4.79 Å². The van der Waals surface area contributed by atoms with Crippen LogP contribution in [0.3, 0.4) is 0 Å². The van der Waals surface area contributed by atoms with Crippen molar-refractivity contribution in [2.45, 2.75) is 37.6 Å². The number of carbonyl (C=O) groups excluding carboxylic acids is 1. The van der Waals surface area contributed by atoms with Crippen LogP contribution in [-0.2, 0) is 9.53 Å². The van der Waals surface area contributed by atoms with E-state index in [4.69, 9.17) is 4.74 Å². The molecule has 0 aliphatic rings. The zero-order valence-electron chi connectivity index (χ0n) is 13.1. The molecule has 0 spiro atoms. The highest BCUT2D eigenvalue weighted by Crippen LogP contribution is 2.27. The van der Waals surface area contributed by atoms with Gasteiger partial charge in [0.2, 0.25) is 0 Å². The Bertz CT molecular complexity index is 648. The van der Waals surface area contributed by atoms with Crippen molar-refractivity contribution in [2.75, 3.05) is 18.5 Å². The molecule has 1 N–H and O–H groups in total. The Morgan fingerprint density at radius 3 is 2.82 bits per heavy atom. The standard InChI is InChI=1S/C16H21N3O2S/c1-4-10-21-15(20)11(3)22-16-18-13-9-7-6-8-12(13)14(19-16)17-5-2/h6-9,11H,4-5,10H2,1-3H3,(H,17,18,19).